The number of benzene rings is 1. The van der Waals surface area contributed by atoms with Gasteiger partial charge in [0.15, 0.2) is 0 Å². The van der Waals surface area contributed by atoms with Gasteiger partial charge in [-0.15, -0.1) is 0 Å². The second-order valence-electron chi connectivity index (χ2n) is 4.94. The number of rotatable bonds is 2. The molecule has 0 unspecified atom stereocenters. The Labute approximate surface area is 113 Å². The van der Waals surface area contributed by atoms with Crippen molar-refractivity contribution in [1.29, 1.82) is 5.26 Å². The van der Waals surface area contributed by atoms with E-state index in [9.17, 15) is 5.26 Å². The molecule has 2 aromatic rings. The molecule has 0 radical (unpaired) electrons. The molecular formula is C15H18N4. The molecule has 98 valence electrons. The van der Waals surface area contributed by atoms with E-state index in [4.69, 9.17) is 0 Å². The van der Waals surface area contributed by atoms with Gasteiger partial charge in [0.2, 0.25) is 0 Å². The topological polar surface area (TPSA) is 53.6 Å². The van der Waals surface area contributed by atoms with E-state index in [1.165, 1.54) is 16.7 Å². The molecule has 0 bridgehead atoms. The molecule has 1 heterocycles. The molecule has 4 nitrogen and oxygen atoms in total. The number of aryl methyl sites for hydroxylation is 5. The fourth-order valence-electron chi connectivity index (χ4n) is 2.43. The number of hydrogen-bond donors (Lipinski definition) is 1. The second-order valence-corrected chi connectivity index (χ2v) is 4.94. The van der Waals surface area contributed by atoms with Gasteiger partial charge in [-0.3, -0.25) is 4.68 Å². The quantitative estimate of drug-likeness (QED) is 0.894. The average Bonchev–Trinajstić information content (AvgIpc) is 2.57. The van der Waals surface area contributed by atoms with Gasteiger partial charge >= 0.3 is 0 Å². The number of nitrogens with zero attached hydrogens (tertiary/aromatic N) is 3. The van der Waals surface area contributed by atoms with Gasteiger partial charge in [0.1, 0.15) is 17.5 Å². The zero-order valence-corrected chi connectivity index (χ0v) is 12.0. The summed E-state index contributed by atoms with van der Waals surface area (Å²) in [5.74, 6) is 0.745. The lowest BCUT2D eigenvalue weighted by atomic mass is 10.0. The van der Waals surface area contributed by atoms with E-state index in [2.05, 4.69) is 49.4 Å². The molecule has 19 heavy (non-hydrogen) atoms. The molecule has 0 aliphatic carbocycles. The number of aromatic nitrogens is 2. The molecule has 2 rings (SSSR count). The number of nitrogens with one attached hydrogen (secondary N) is 1. The standard InChI is InChI=1S/C15H18N4/c1-9-6-10(2)14(11(3)7-9)17-15-13(8-16)12(4)18-19(15)5/h6-7,17H,1-5H3. The minimum Gasteiger partial charge on any atom is -0.339 e. The molecule has 0 aliphatic heterocycles. The van der Waals surface area contributed by atoms with Crippen LogP contribution in [0.3, 0.4) is 0 Å². The van der Waals surface area contributed by atoms with Crippen molar-refractivity contribution in [3.63, 3.8) is 0 Å². The van der Waals surface area contributed by atoms with Crippen molar-refractivity contribution in [2.24, 2.45) is 7.05 Å². The predicted molar refractivity (Wildman–Crippen MR) is 76.6 cm³/mol. The summed E-state index contributed by atoms with van der Waals surface area (Å²) in [5, 5.41) is 16.9. The first-order valence-electron chi connectivity index (χ1n) is 6.22. The monoisotopic (exact) mass is 254 g/mol. The van der Waals surface area contributed by atoms with E-state index >= 15 is 0 Å². The van der Waals surface area contributed by atoms with Gasteiger partial charge in [-0.05, 0) is 38.8 Å². The molecule has 0 amide bonds. The van der Waals surface area contributed by atoms with Crippen molar-refractivity contribution in [3.8, 4) is 6.07 Å². The molecule has 0 atom stereocenters. The molecule has 0 saturated heterocycles. The first-order chi connectivity index (χ1) is 8.93. The van der Waals surface area contributed by atoms with Gasteiger partial charge in [0.05, 0.1) is 5.69 Å². The Balaban J connectivity index is 2.51. The predicted octanol–water partition coefficient (Wildman–Crippen LogP) is 3.27. The van der Waals surface area contributed by atoms with Gasteiger partial charge in [0, 0.05) is 12.7 Å². The summed E-state index contributed by atoms with van der Waals surface area (Å²) in [5.41, 5.74) is 5.96. The Hall–Kier alpha value is -2.28. The van der Waals surface area contributed by atoms with E-state index in [1.54, 1.807) is 4.68 Å². The molecule has 1 N–H and O–H groups in total. The first-order valence-corrected chi connectivity index (χ1v) is 6.22. The van der Waals surface area contributed by atoms with E-state index in [0.717, 1.165) is 17.2 Å². The summed E-state index contributed by atoms with van der Waals surface area (Å²) in [6.45, 7) is 8.06. The van der Waals surface area contributed by atoms with Crippen LogP contribution >= 0.6 is 0 Å². The van der Waals surface area contributed by atoms with Crippen LogP contribution in [0.2, 0.25) is 0 Å². The van der Waals surface area contributed by atoms with Crippen LogP contribution in [0.5, 0.6) is 0 Å². The summed E-state index contributed by atoms with van der Waals surface area (Å²) in [7, 11) is 1.84. The van der Waals surface area contributed by atoms with Crippen LogP contribution in [0.25, 0.3) is 0 Å². The minimum absolute atomic E-state index is 0.599. The minimum atomic E-state index is 0.599. The molecule has 1 aromatic heterocycles. The Bertz CT molecular complexity index is 651. The van der Waals surface area contributed by atoms with Crippen LogP contribution in [-0.4, -0.2) is 9.78 Å². The van der Waals surface area contributed by atoms with Crippen LogP contribution < -0.4 is 5.32 Å². The maximum absolute atomic E-state index is 9.23. The smallest absolute Gasteiger partial charge is 0.146 e. The van der Waals surface area contributed by atoms with Gasteiger partial charge in [-0.1, -0.05) is 17.7 Å². The summed E-state index contributed by atoms with van der Waals surface area (Å²) in [4.78, 5) is 0. The van der Waals surface area contributed by atoms with Crippen molar-refractivity contribution >= 4 is 11.5 Å². The highest BCUT2D eigenvalue weighted by molar-refractivity contribution is 5.69. The van der Waals surface area contributed by atoms with E-state index in [-0.39, 0.29) is 0 Å². The molecule has 0 saturated carbocycles. The number of anilines is 2. The fourth-order valence-corrected chi connectivity index (χ4v) is 2.43. The van der Waals surface area contributed by atoms with Crippen molar-refractivity contribution in [3.05, 3.63) is 40.1 Å². The van der Waals surface area contributed by atoms with Crippen molar-refractivity contribution in [2.45, 2.75) is 27.7 Å². The highest BCUT2D eigenvalue weighted by Gasteiger charge is 2.14. The highest BCUT2D eigenvalue weighted by atomic mass is 15.3. The Morgan fingerprint density at radius 3 is 2.26 bits per heavy atom. The van der Waals surface area contributed by atoms with Crippen molar-refractivity contribution < 1.29 is 0 Å². The lowest BCUT2D eigenvalue weighted by Crippen LogP contribution is -2.03. The van der Waals surface area contributed by atoms with Crippen molar-refractivity contribution in [2.75, 3.05) is 5.32 Å². The van der Waals surface area contributed by atoms with E-state index < -0.39 is 0 Å². The van der Waals surface area contributed by atoms with Gasteiger partial charge in [-0.2, -0.15) is 10.4 Å². The molecule has 0 spiro atoms. The highest BCUT2D eigenvalue weighted by Crippen LogP contribution is 2.28. The maximum Gasteiger partial charge on any atom is 0.146 e. The third kappa shape index (κ3) is 2.32. The largest absolute Gasteiger partial charge is 0.339 e. The third-order valence-electron chi connectivity index (χ3n) is 3.25. The lowest BCUT2D eigenvalue weighted by molar-refractivity contribution is 0.764. The van der Waals surface area contributed by atoms with Gasteiger partial charge in [-0.25, -0.2) is 0 Å². The normalized spacial score (nSPS) is 10.3. The Morgan fingerprint density at radius 1 is 1.16 bits per heavy atom. The second kappa shape index (κ2) is 4.77. The van der Waals surface area contributed by atoms with Crippen LogP contribution in [0.4, 0.5) is 11.5 Å². The van der Waals surface area contributed by atoms with E-state index in [1.807, 2.05) is 14.0 Å². The molecule has 4 heteroatoms. The molecule has 0 aliphatic rings. The molecule has 0 fully saturated rings. The van der Waals surface area contributed by atoms with Crippen LogP contribution in [0.1, 0.15) is 27.9 Å². The van der Waals surface area contributed by atoms with Crippen LogP contribution in [0.15, 0.2) is 12.1 Å². The third-order valence-corrected chi connectivity index (χ3v) is 3.25. The molecule has 1 aromatic carbocycles. The summed E-state index contributed by atoms with van der Waals surface area (Å²) in [6.07, 6.45) is 0. The van der Waals surface area contributed by atoms with Crippen LogP contribution in [0, 0.1) is 39.0 Å². The van der Waals surface area contributed by atoms with Crippen LogP contribution in [-0.2, 0) is 7.05 Å². The SMILES string of the molecule is Cc1cc(C)c(Nc2c(C#N)c(C)nn2C)c(C)c1. The summed E-state index contributed by atoms with van der Waals surface area (Å²) < 4.78 is 1.71. The number of hydrogen-bond acceptors (Lipinski definition) is 3. The molecular weight excluding hydrogens is 236 g/mol. The lowest BCUT2D eigenvalue weighted by Gasteiger charge is -2.14. The average molecular weight is 254 g/mol. The number of nitriles is 1. The Morgan fingerprint density at radius 2 is 1.74 bits per heavy atom. The van der Waals surface area contributed by atoms with Gasteiger partial charge in [0.25, 0.3) is 0 Å². The Kier molecular flexibility index (Phi) is 3.30. The van der Waals surface area contributed by atoms with E-state index in [0.29, 0.717) is 5.56 Å². The van der Waals surface area contributed by atoms with Crippen molar-refractivity contribution in [1.82, 2.24) is 9.78 Å². The van der Waals surface area contributed by atoms with Gasteiger partial charge < -0.3 is 5.32 Å². The maximum atomic E-state index is 9.23. The zero-order chi connectivity index (χ0) is 14.2. The summed E-state index contributed by atoms with van der Waals surface area (Å²) in [6, 6.07) is 6.47. The summed E-state index contributed by atoms with van der Waals surface area (Å²) >= 11 is 0. The fraction of sp³-hybridized carbons (Fsp3) is 0.333. The zero-order valence-electron chi connectivity index (χ0n) is 12.0. The first kappa shape index (κ1) is 13.2.